The maximum atomic E-state index is 13.0. The number of esters is 1. The predicted molar refractivity (Wildman–Crippen MR) is 114 cm³/mol. The molecule has 1 atom stereocenters. The van der Waals surface area contributed by atoms with Crippen molar-refractivity contribution in [2.45, 2.75) is 38.1 Å². The summed E-state index contributed by atoms with van der Waals surface area (Å²) in [7, 11) is -3.97. The summed E-state index contributed by atoms with van der Waals surface area (Å²) in [4.78, 5) is 25.5. The van der Waals surface area contributed by atoms with Gasteiger partial charge in [-0.1, -0.05) is 6.07 Å². The number of halogens is 1. The summed E-state index contributed by atoms with van der Waals surface area (Å²) in [6.45, 7) is 5.30. The molecule has 3 rings (SSSR count). The van der Waals surface area contributed by atoms with E-state index in [4.69, 9.17) is 4.74 Å². The van der Waals surface area contributed by atoms with E-state index in [1.54, 1.807) is 36.1 Å². The highest BCUT2D eigenvalue weighted by atomic mass is 79.9. The number of nitrogens with one attached hydrogen (secondary N) is 1. The molecule has 154 valence electrons. The lowest BCUT2D eigenvalue weighted by Crippen LogP contribution is -2.33. The van der Waals surface area contributed by atoms with Gasteiger partial charge in [0.25, 0.3) is 10.0 Å². The third-order valence-corrected chi connectivity index (χ3v) is 6.94. The first-order valence-electron chi connectivity index (χ1n) is 9.06. The number of anilines is 2. The van der Waals surface area contributed by atoms with Crippen molar-refractivity contribution >= 4 is 49.2 Å². The first-order valence-corrected chi connectivity index (χ1v) is 11.3. The van der Waals surface area contributed by atoms with Crippen LogP contribution in [0.4, 0.5) is 11.4 Å². The molecule has 0 aromatic heterocycles. The van der Waals surface area contributed by atoms with Gasteiger partial charge in [-0.25, -0.2) is 13.2 Å². The van der Waals surface area contributed by atoms with E-state index in [1.807, 2.05) is 6.92 Å². The number of hydrogen-bond donors (Lipinski definition) is 1. The fourth-order valence-electron chi connectivity index (χ4n) is 3.44. The standard InChI is InChI=1S/C20H21BrN2O5S/c1-4-28-20(25)14-6-5-7-16(9-14)22-29(26,27)19-11-18-15(10-17(19)21)8-12(2)23(18)13(3)24/h5-7,9-12,22H,4,8H2,1-3H3/t12-/m0/s1. The maximum Gasteiger partial charge on any atom is 0.338 e. The van der Waals surface area contributed by atoms with E-state index in [-0.39, 0.29) is 34.7 Å². The molecule has 0 bridgehead atoms. The van der Waals surface area contributed by atoms with Gasteiger partial charge in [-0.05, 0) is 72.1 Å². The summed E-state index contributed by atoms with van der Waals surface area (Å²) in [6.07, 6.45) is 0.656. The first kappa shape index (κ1) is 21.3. The Morgan fingerprint density at radius 1 is 1.28 bits per heavy atom. The molecule has 1 heterocycles. The lowest BCUT2D eigenvalue weighted by atomic mass is 10.1. The van der Waals surface area contributed by atoms with Crippen molar-refractivity contribution in [3.63, 3.8) is 0 Å². The fourth-order valence-corrected chi connectivity index (χ4v) is 5.60. The molecule has 0 saturated heterocycles. The molecule has 0 spiro atoms. The lowest BCUT2D eigenvalue weighted by molar-refractivity contribution is -0.116. The Morgan fingerprint density at radius 3 is 2.66 bits per heavy atom. The molecule has 1 aliphatic heterocycles. The third kappa shape index (κ3) is 4.30. The highest BCUT2D eigenvalue weighted by Gasteiger charge is 2.32. The van der Waals surface area contributed by atoms with Crippen LogP contribution in [0, 0.1) is 0 Å². The zero-order chi connectivity index (χ0) is 21.3. The molecule has 0 unspecified atom stereocenters. The largest absolute Gasteiger partial charge is 0.462 e. The number of fused-ring (bicyclic) bond motifs is 1. The molecular weight excluding hydrogens is 460 g/mol. The predicted octanol–water partition coefficient (Wildman–Crippen LogP) is 3.72. The van der Waals surface area contributed by atoms with Gasteiger partial charge in [-0.15, -0.1) is 0 Å². The molecule has 2 aromatic rings. The van der Waals surface area contributed by atoms with Crippen molar-refractivity contribution < 1.29 is 22.7 Å². The Kier molecular flexibility index (Phi) is 6.00. The van der Waals surface area contributed by atoms with Gasteiger partial charge < -0.3 is 9.64 Å². The van der Waals surface area contributed by atoms with Crippen LogP contribution >= 0.6 is 15.9 Å². The van der Waals surface area contributed by atoms with E-state index in [9.17, 15) is 18.0 Å². The Balaban J connectivity index is 1.96. The molecule has 1 amide bonds. The van der Waals surface area contributed by atoms with E-state index < -0.39 is 16.0 Å². The fraction of sp³-hybridized carbons (Fsp3) is 0.300. The molecule has 0 saturated carbocycles. The van der Waals surface area contributed by atoms with Crippen LogP contribution < -0.4 is 9.62 Å². The first-order chi connectivity index (χ1) is 13.6. The molecule has 0 aliphatic carbocycles. The van der Waals surface area contributed by atoms with Gasteiger partial charge in [0.15, 0.2) is 0 Å². The van der Waals surface area contributed by atoms with Gasteiger partial charge in [-0.2, -0.15) is 0 Å². The number of carbonyl (C=O) groups is 2. The lowest BCUT2D eigenvalue weighted by Gasteiger charge is -2.21. The molecule has 1 aliphatic rings. The van der Waals surface area contributed by atoms with Crippen LogP contribution in [0.1, 0.15) is 36.7 Å². The van der Waals surface area contributed by atoms with Crippen molar-refractivity contribution in [1.29, 1.82) is 0 Å². The van der Waals surface area contributed by atoms with Crippen LogP contribution in [-0.4, -0.2) is 32.9 Å². The monoisotopic (exact) mass is 480 g/mol. The van der Waals surface area contributed by atoms with E-state index in [2.05, 4.69) is 20.7 Å². The van der Waals surface area contributed by atoms with E-state index in [0.29, 0.717) is 16.6 Å². The van der Waals surface area contributed by atoms with E-state index >= 15 is 0 Å². The van der Waals surface area contributed by atoms with Crippen molar-refractivity contribution in [1.82, 2.24) is 0 Å². The van der Waals surface area contributed by atoms with Crippen LogP contribution in [0.3, 0.4) is 0 Å². The van der Waals surface area contributed by atoms with E-state index in [1.165, 1.54) is 19.1 Å². The van der Waals surface area contributed by atoms with Crippen molar-refractivity contribution in [3.8, 4) is 0 Å². The number of amides is 1. The summed E-state index contributed by atoms with van der Waals surface area (Å²) in [5.74, 6) is -0.671. The summed E-state index contributed by atoms with van der Waals surface area (Å²) in [6, 6.07) is 9.28. The molecule has 1 N–H and O–H groups in total. The number of sulfonamides is 1. The van der Waals surface area contributed by atoms with Crippen molar-refractivity contribution in [3.05, 3.63) is 52.0 Å². The van der Waals surface area contributed by atoms with Crippen LogP contribution in [0.15, 0.2) is 45.8 Å². The second-order valence-electron chi connectivity index (χ2n) is 6.76. The average Bonchev–Trinajstić information content (AvgIpc) is 2.95. The molecule has 0 radical (unpaired) electrons. The normalized spacial score (nSPS) is 15.7. The van der Waals surface area contributed by atoms with Gasteiger partial charge >= 0.3 is 5.97 Å². The number of ether oxygens (including phenoxy) is 1. The number of hydrogen-bond acceptors (Lipinski definition) is 5. The summed E-state index contributed by atoms with van der Waals surface area (Å²) in [5, 5.41) is 0. The second-order valence-corrected chi connectivity index (χ2v) is 9.27. The summed E-state index contributed by atoms with van der Waals surface area (Å²) >= 11 is 3.34. The zero-order valence-electron chi connectivity index (χ0n) is 16.2. The highest BCUT2D eigenvalue weighted by molar-refractivity contribution is 9.10. The summed E-state index contributed by atoms with van der Waals surface area (Å²) in [5.41, 5.74) is 1.98. The second kappa shape index (κ2) is 8.16. The van der Waals surface area contributed by atoms with E-state index in [0.717, 1.165) is 5.56 Å². The van der Waals surface area contributed by atoms with Gasteiger partial charge in [0.05, 0.1) is 12.2 Å². The molecular formula is C20H21BrN2O5S. The van der Waals surface area contributed by atoms with Gasteiger partial charge in [0.2, 0.25) is 5.91 Å². The van der Waals surface area contributed by atoms with Crippen LogP contribution in [0.2, 0.25) is 0 Å². The third-order valence-electron chi connectivity index (χ3n) is 4.60. The Morgan fingerprint density at radius 2 is 2.00 bits per heavy atom. The van der Waals surface area contributed by atoms with Crippen molar-refractivity contribution in [2.24, 2.45) is 0 Å². The Labute approximate surface area is 178 Å². The molecule has 2 aromatic carbocycles. The number of rotatable bonds is 5. The van der Waals surface area contributed by atoms with Crippen LogP contribution in [-0.2, 0) is 26.0 Å². The molecule has 7 nitrogen and oxygen atoms in total. The van der Waals surface area contributed by atoms with Gasteiger partial charge in [-0.3, -0.25) is 9.52 Å². The Bertz CT molecular complexity index is 1080. The van der Waals surface area contributed by atoms with Crippen LogP contribution in [0.5, 0.6) is 0 Å². The quantitative estimate of drug-likeness (QED) is 0.658. The molecule has 0 fully saturated rings. The topological polar surface area (TPSA) is 92.8 Å². The molecule has 29 heavy (non-hydrogen) atoms. The Hall–Kier alpha value is -2.39. The summed E-state index contributed by atoms with van der Waals surface area (Å²) < 4.78 is 33.9. The SMILES string of the molecule is CCOC(=O)c1cccc(NS(=O)(=O)c2cc3c(cc2Br)C[C@H](C)N3C(C)=O)c1. The minimum absolute atomic E-state index is 0.0122. The number of benzene rings is 2. The van der Waals surface area contributed by atoms with Gasteiger partial charge in [0.1, 0.15) is 4.90 Å². The number of carbonyl (C=O) groups excluding carboxylic acids is 2. The highest BCUT2D eigenvalue weighted by Crippen LogP contribution is 2.38. The zero-order valence-corrected chi connectivity index (χ0v) is 18.6. The number of nitrogens with zero attached hydrogens (tertiary/aromatic N) is 1. The van der Waals surface area contributed by atoms with Crippen LogP contribution in [0.25, 0.3) is 0 Å². The minimum atomic E-state index is -3.97. The molecule has 9 heteroatoms. The van der Waals surface area contributed by atoms with Gasteiger partial charge in [0, 0.05) is 28.8 Å². The maximum absolute atomic E-state index is 13.0. The average molecular weight is 481 g/mol. The smallest absolute Gasteiger partial charge is 0.338 e. The minimum Gasteiger partial charge on any atom is -0.462 e. The van der Waals surface area contributed by atoms with Crippen molar-refractivity contribution in [2.75, 3.05) is 16.2 Å².